The molecular formula is C22H25FN2O6. The van der Waals surface area contributed by atoms with E-state index in [1.807, 2.05) is 19.9 Å². The maximum atomic E-state index is 13.8. The van der Waals surface area contributed by atoms with Crippen molar-refractivity contribution >= 4 is 18.0 Å². The van der Waals surface area contributed by atoms with Crippen LogP contribution in [0.5, 0.6) is 5.75 Å². The van der Waals surface area contributed by atoms with E-state index in [0.717, 1.165) is 17.7 Å². The number of carboxylic acids is 1. The van der Waals surface area contributed by atoms with Gasteiger partial charge in [0.05, 0.1) is 6.61 Å². The van der Waals surface area contributed by atoms with E-state index in [1.165, 1.54) is 6.07 Å². The van der Waals surface area contributed by atoms with E-state index in [-0.39, 0.29) is 23.8 Å². The maximum Gasteiger partial charge on any atom is 0.408 e. The molecule has 0 saturated heterocycles. The summed E-state index contributed by atoms with van der Waals surface area (Å²) in [4.78, 5) is 35.6. The highest BCUT2D eigenvalue weighted by Crippen LogP contribution is 2.17. The number of carboxylic acid groups (broad SMARTS) is 1. The van der Waals surface area contributed by atoms with Crippen LogP contribution in [-0.2, 0) is 16.1 Å². The van der Waals surface area contributed by atoms with Crippen molar-refractivity contribution in [3.05, 3.63) is 65.5 Å². The summed E-state index contributed by atoms with van der Waals surface area (Å²) in [6.07, 6.45) is -0.944. The molecule has 0 radical (unpaired) electrons. The Kier molecular flexibility index (Phi) is 8.80. The van der Waals surface area contributed by atoms with Crippen molar-refractivity contribution in [3.8, 4) is 5.75 Å². The van der Waals surface area contributed by atoms with Crippen molar-refractivity contribution in [3.63, 3.8) is 0 Å². The molecule has 31 heavy (non-hydrogen) atoms. The number of rotatable bonds is 10. The molecule has 2 rings (SSSR count). The number of alkyl carbamates (subject to hydrolysis) is 1. The topological polar surface area (TPSA) is 114 Å². The summed E-state index contributed by atoms with van der Waals surface area (Å²) in [6.45, 7) is 3.75. The number of aliphatic carboxylic acids is 1. The van der Waals surface area contributed by atoms with Crippen LogP contribution >= 0.6 is 0 Å². The lowest BCUT2D eigenvalue weighted by Gasteiger charge is -2.16. The summed E-state index contributed by atoms with van der Waals surface area (Å²) < 4.78 is 24.2. The molecule has 0 aliphatic carbocycles. The third kappa shape index (κ3) is 8.33. The van der Waals surface area contributed by atoms with Gasteiger partial charge < -0.3 is 25.2 Å². The Labute approximate surface area is 179 Å². The molecule has 1 atom stereocenters. The summed E-state index contributed by atoms with van der Waals surface area (Å²) in [5, 5.41) is 13.8. The van der Waals surface area contributed by atoms with Gasteiger partial charge in [-0.2, -0.15) is 0 Å². The van der Waals surface area contributed by atoms with Crippen LogP contribution in [0.2, 0.25) is 0 Å². The van der Waals surface area contributed by atoms with Crippen molar-refractivity contribution in [1.29, 1.82) is 0 Å². The second kappa shape index (κ2) is 11.5. The third-order valence-corrected chi connectivity index (χ3v) is 3.99. The lowest BCUT2D eigenvalue weighted by molar-refractivity contribution is -0.139. The molecule has 0 aliphatic rings. The van der Waals surface area contributed by atoms with Gasteiger partial charge in [-0.15, -0.1) is 0 Å². The summed E-state index contributed by atoms with van der Waals surface area (Å²) in [5.74, 6) is -2.33. The molecule has 0 saturated carbocycles. The Morgan fingerprint density at radius 3 is 2.45 bits per heavy atom. The molecule has 2 amide bonds. The van der Waals surface area contributed by atoms with Crippen molar-refractivity contribution in [2.75, 3.05) is 13.2 Å². The summed E-state index contributed by atoms with van der Waals surface area (Å²) in [6, 6.07) is 11.0. The number of halogens is 1. The van der Waals surface area contributed by atoms with Gasteiger partial charge in [-0.1, -0.05) is 44.2 Å². The number of carbonyl (C=O) groups is 3. The van der Waals surface area contributed by atoms with Crippen molar-refractivity contribution in [2.45, 2.75) is 26.5 Å². The fraction of sp³-hybridized carbons (Fsp3) is 0.318. The number of hydrogen-bond acceptors (Lipinski definition) is 5. The van der Waals surface area contributed by atoms with Crippen LogP contribution in [0.25, 0.3) is 0 Å². The van der Waals surface area contributed by atoms with E-state index in [0.29, 0.717) is 6.61 Å². The SMILES string of the molecule is CC(C)COc1cc(F)cc(C(=O)NC[C@@H](NC(=O)OCc2ccccc2)C(=O)O)c1. The van der Waals surface area contributed by atoms with Crippen LogP contribution in [0, 0.1) is 11.7 Å². The zero-order chi connectivity index (χ0) is 22.8. The van der Waals surface area contributed by atoms with Crippen LogP contribution in [-0.4, -0.2) is 42.3 Å². The summed E-state index contributed by atoms with van der Waals surface area (Å²) in [5.41, 5.74) is 0.703. The molecule has 0 unspecified atom stereocenters. The van der Waals surface area contributed by atoms with Gasteiger partial charge in [-0.3, -0.25) is 4.79 Å². The molecule has 2 aromatic rings. The Bertz CT molecular complexity index is 904. The summed E-state index contributed by atoms with van der Waals surface area (Å²) in [7, 11) is 0. The largest absolute Gasteiger partial charge is 0.493 e. The van der Waals surface area contributed by atoms with Crippen LogP contribution in [0.4, 0.5) is 9.18 Å². The molecule has 0 bridgehead atoms. The van der Waals surface area contributed by atoms with Crippen LogP contribution < -0.4 is 15.4 Å². The first-order valence-corrected chi connectivity index (χ1v) is 9.66. The first-order valence-electron chi connectivity index (χ1n) is 9.66. The second-order valence-electron chi connectivity index (χ2n) is 7.19. The van der Waals surface area contributed by atoms with Crippen LogP contribution in [0.1, 0.15) is 29.8 Å². The minimum absolute atomic E-state index is 0.0328. The third-order valence-electron chi connectivity index (χ3n) is 3.99. The highest BCUT2D eigenvalue weighted by molar-refractivity contribution is 5.95. The number of benzene rings is 2. The molecule has 166 valence electrons. The van der Waals surface area contributed by atoms with Gasteiger partial charge in [-0.05, 0) is 23.6 Å². The summed E-state index contributed by atoms with van der Waals surface area (Å²) >= 11 is 0. The monoisotopic (exact) mass is 432 g/mol. The average molecular weight is 432 g/mol. The molecule has 9 heteroatoms. The van der Waals surface area contributed by atoms with Crippen molar-refractivity contribution < 1.29 is 33.4 Å². The number of nitrogens with one attached hydrogen (secondary N) is 2. The Morgan fingerprint density at radius 1 is 1.10 bits per heavy atom. The molecular weight excluding hydrogens is 407 g/mol. The first-order chi connectivity index (χ1) is 14.7. The Balaban J connectivity index is 1.91. The molecule has 8 nitrogen and oxygen atoms in total. The average Bonchev–Trinajstić information content (AvgIpc) is 2.73. The van der Waals surface area contributed by atoms with E-state index >= 15 is 0 Å². The second-order valence-corrected chi connectivity index (χ2v) is 7.19. The van der Waals surface area contributed by atoms with E-state index in [2.05, 4.69) is 10.6 Å². The minimum Gasteiger partial charge on any atom is -0.493 e. The van der Waals surface area contributed by atoms with Gasteiger partial charge in [0.2, 0.25) is 0 Å². The maximum absolute atomic E-state index is 13.8. The van der Waals surface area contributed by atoms with Crippen LogP contribution in [0.15, 0.2) is 48.5 Å². The van der Waals surface area contributed by atoms with Gasteiger partial charge in [0, 0.05) is 18.2 Å². The quantitative estimate of drug-likeness (QED) is 0.532. The zero-order valence-electron chi connectivity index (χ0n) is 17.3. The number of ether oxygens (including phenoxy) is 2. The first kappa shape index (κ1) is 23.7. The Hall–Kier alpha value is -3.62. The molecule has 0 heterocycles. The van der Waals surface area contributed by atoms with Gasteiger partial charge in [-0.25, -0.2) is 14.0 Å². The number of amides is 2. The van der Waals surface area contributed by atoms with E-state index in [9.17, 15) is 23.9 Å². The predicted molar refractivity (Wildman–Crippen MR) is 110 cm³/mol. The minimum atomic E-state index is -1.43. The number of hydrogen-bond donors (Lipinski definition) is 3. The van der Waals surface area contributed by atoms with Crippen LogP contribution in [0.3, 0.4) is 0 Å². The smallest absolute Gasteiger partial charge is 0.408 e. The van der Waals surface area contributed by atoms with Gasteiger partial charge >= 0.3 is 12.1 Å². The van der Waals surface area contributed by atoms with E-state index < -0.39 is 36.4 Å². The number of carbonyl (C=O) groups excluding carboxylic acids is 2. The normalized spacial score (nSPS) is 11.5. The van der Waals surface area contributed by atoms with E-state index in [1.54, 1.807) is 24.3 Å². The van der Waals surface area contributed by atoms with E-state index in [4.69, 9.17) is 9.47 Å². The van der Waals surface area contributed by atoms with Gasteiger partial charge in [0.25, 0.3) is 5.91 Å². The van der Waals surface area contributed by atoms with Gasteiger partial charge in [0.1, 0.15) is 24.2 Å². The highest BCUT2D eigenvalue weighted by atomic mass is 19.1. The molecule has 0 spiro atoms. The fourth-order valence-corrected chi connectivity index (χ4v) is 2.44. The van der Waals surface area contributed by atoms with Crippen molar-refractivity contribution in [1.82, 2.24) is 10.6 Å². The fourth-order valence-electron chi connectivity index (χ4n) is 2.44. The van der Waals surface area contributed by atoms with Gasteiger partial charge in [0.15, 0.2) is 0 Å². The predicted octanol–water partition coefficient (Wildman–Crippen LogP) is 2.97. The lowest BCUT2D eigenvalue weighted by Crippen LogP contribution is -2.48. The molecule has 0 aliphatic heterocycles. The highest BCUT2D eigenvalue weighted by Gasteiger charge is 2.22. The molecule has 3 N–H and O–H groups in total. The standard InChI is InChI=1S/C22H25FN2O6/c1-14(2)12-30-18-9-16(8-17(23)10-18)20(26)24-11-19(21(27)28)25-22(29)31-13-15-6-4-3-5-7-15/h3-10,14,19H,11-13H2,1-2H3,(H,24,26)(H,25,29)(H,27,28)/t19-/m1/s1. The Morgan fingerprint density at radius 2 is 1.81 bits per heavy atom. The zero-order valence-corrected chi connectivity index (χ0v) is 17.3. The molecule has 0 fully saturated rings. The molecule has 2 aromatic carbocycles. The molecule has 0 aromatic heterocycles. The lowest BCUT2D eigenvalue weighted by atomic mass is 10.2. The van der Waals surface area contributed by atoms with Crippen molar-refractivity contribution in [2.24, 2.45) is 5.92 Å².